The third kappa shape index (κ3) is 11.4. The quantitative estimate of drug-likeness (QED) is 0.244. The predicted molar refractivity (Wildman–Crippen MR) is 110 cm³/mol. The van der Waals surface area contributed by atoms with Gasteiger partial charge in [0, 0.05) is 0 Å². The summed E-state index contributed by atoms with van der Waals surface area (Å²) >= 11 is 0. The van der Waals surface area contributed by atoms with Gasteiger partial charge in [0.15, 0.2) is 0 Å². The van der Waals surface area contributed by atoms with E-state index in [0.29, 0.717) is 0 Å². The second-order valence-electron chi connectivity index (χ2n) is 6.06. The van der Waals surface area contributed by atoms with Gasteiger partial charge in [-0.05, 0) is 43.2 Å². The van der Waals surface area contributed by atoms with Crippen LogP contribution >= 0.6 is 12.4 Å². The lowest BCUT2D eigenvalue weighted by Crippen LogP contribution is -2.22. The minimum Gasteiger partial charge on any atom is -0.494 e. The van der Waals surface area contributed by atoms with Gasteiger partial charge in [-0.2, -0.15) is 5.10 Å². The van der Waals surface area contributed by atoms with Gasteiger partial charge in [-0.15, -0.1) is 17.5 Å². The molecule has 0 aliphatic rings. The summed E-state index contributed by atoms with van der Waals surface area (Å²) in [7, 11) is 0. The number of halogens is 1. The molecule has 1 aromatic carbocycles. The number of nitrogens with two attached hydrogens (primary N) is 2. The predicted octanol–water partition coefficient (Wildman–Crippen LogP) is 4.63. The summed E-state index contributed by atoms with van der Waals surface area (Å²) in [6, 6.07) is 7.83. The molecule has 0 unspecified atom stereocenters. The molecule has 0 aromatic heterocycles. The van der Waals surface area contributed by atoms with Crippen molar-refractivity contribution in [3.05, 3.63) is 29.8 Å². The first-order valence-corrected chi connectivity index (χ1v) is 9.00. The van der Waals surface area contributed by atoms with E-state index in [0.717, 1.165) is 30.1 Å². The summed E-state index contributed by atoms with van der Waals surface area (Å²) < 4.78 is 5.78. The van der Waals surface area contributed by atoms with Crippen molar-refractivity contribution in [2.45, 2.75) is 65.2 Å². The molecule has 0 amide bonds. The molecule has 0 atom stereocenters. The van der Waals surface area contributed by atoms with Gasteiger partial charge in [0.1, 0.15) is 5.75 Å². The van der Waals surface area contributed by atoms with Crippen molar-refractivity contribution >= 4 is 24.1 Å². The normalized spacial score (nSPS) is 10.9. The Kier molecular flexibility index (Phi) is 13.6. The zero-order valence-corrected chi connectivity index (χ0v) is 16.4. The van der Waals surface area contributed by atoms with Gasteiger partial charge in [-0.1, -0.05) is 51.9 Å². The number of unbranched alkanes of at least 4 members (excludes halogenated alkanes) is 7. The molecule has 6 heteroatoms. The van der Waals surface area contributed by atoms with Crippen molar-refractivity contribution in [2.75, 3.05) is 6.61 Å². The molecule has 0 aliphatic heterocycles. The fraction of sp³-hybridized carbons (Fsp3) is 0.579. The molecule has 1 aromatic rings. The van der Waals surface area contributed by atoms with E-state index in [1.165, 1.54) is 44.9 Å². The summed E-state index contributed by atoms with van der Waals surface area (Å²) in [4.78, 5) is 0. The van der Waals surface area contributed by atoms with Gasteiger partial charge >= 0.3 is 0 Å². The minimum absolute atomic E-state index is 0. The first-order chi connectivity index (χ1) is 11.6. The zero-order chi connectivity index (χ0) is 17.6. The maximum atomic E-state index is 5.78. The monoisotopic (exact) mass is 368 g/mol. The second kappa shape index (κ2) is 14.6. The van der Waals surface area contributed by atoms with Crippen molar-refractivity contribution < 1.29 is 4.74 Å². The molecule has 5 nitrogen and oxygen atoms in total. The molecule has 0 bridgehead atoms. The summed E-state index contributed by atoms with van der Waals surface area (Å²) in [5, 5.41) is 7.61. The number of benzene rings is 1. The largest absolute Gasteiger partial charge is 0.494 e. The average molecular weight is 369 g/mol. The van der Waals surface area contributed by atoms with Crippen LogP contribution < -0.4 is 16.2 Å². The fourth-order valence-electron chi connectivity index (χ4n) is 2.41. The van der Waals surface area contributed by atoms with Crippen LogP contribution in [0.5, 0.6) is 5.75 Å². The van der Waals surface area contributed by atoms with E-state index in [1.807, 2.05) is 31.2 Å². The van der Waals surface area contributed by atoms with Crippen LogP contribution in [-0.2, 0) is 0 Å². The highest BCUT2D eigenvalue weighted by Crippen LogP contribution is 2.14. The van der Waals surface area contributed by atoms with Gasteiger partial charge in [0.05, 0.1) is 12.3 Å². The SMILES string of the molecule is CCCCCCCCCCOc1ccc(C(C)=NN=C(N)N)cc1.Cl. The van der Waals surface area contributed by atoms with Crippen molar-refractivity contribution in [1.82, 2.24) is 0 Å². The van der Waals surface area contributed by atoms with E-state index >= 15 is 0 Å². The highest BCUT2D eigenvalue weighted by atomic mass is 35.5. The molecule has 0 radical (unpaired) electrons. The van der Waals surface area contributed by atoms with Crippen LogP contribution in [0.15, 0.2) is 34.5 Å². The molecule has 4 N–H and O–H groups in total. The molecule has 1 rings (SSSR count). The highest BCUT2D eigenvalue weighted by Gasteiger charge is 1.99. The maximum absolute atomic E-state index is 5.78. The first-order valence-electron chi connectivity index (χ1n) is 9.00. The van der Waals surface area contributed by atoms with Gasteiger partial charge in [-0.3, -0.25) is 0 Å². The molecule has 0 saturated heterocycles. The van der Waals surface area contributed by atoms with E-state index in [1.54, 1.807) is 0 Å². The number of rotatable bonds is 12. The van der Waals surface area contributed by atoms with Gasteiger partial charge in [0.2, 0.25) is 5.96 Å². The summed E-state index contributed by atoms with van der Waals surface area (Å²) in [5.74, 6) is 0.844. The van der Waals surface area contributed by atoms with E-state index in [4.69, 9.17) is 16.2 Å². The Hall–Kier alpha value is -1.75. The van der Waals surface area contributed by atoms with E-state index in [2.05, 4.69) is 17.1 Å². The summed E-state index contributed by atoms with van der Waals surface area (Å²) in [6.07, 6.45) is 10.5. The van der Waals surface area contributed by atoms with Crippen LogP contribution in [0.2, 0.25) is 0 Å². The minimum atomic E-state index is -0.0420. The van der Waals surface area contributed by atoms with Gasteiger partial charge in [0.25, 0.3) is 0 Å². The lowest BCUT2D eigenvalue weighted by molar-refractivity contribution is 0.304. The van der Waals surface area contributed by atoms with Crippen molar-refractivity contribution in [1.29, 1.82) is 0 Å². The summed E-state index contributed by atoms with van der Waals surface area (Å²) in [5.41, 5.74) is 12.3. The average Bonchev–Trinajstić information content (AvgIpc) is 2.58. The van der Waals surface area contributed by atoms with Gasteiger partial charge in [-0.25, -0.2) is 0 Å². The molecule has 0 heterocycles. The Morgan fingerprint density at radius 2 is 1.44 bits per heavy atom. The van der Waals surface area contributed by atoms with E-state index in [-0.39, 0.29) is 18.4 Å². The van der Waals surface area contributed by atoms with Crippen LogP contribution in [0.4, 0.5) is 0 Å². The number of hydrogen-bond acceptors (Lipinski definition) is 3. The molecular weight excluding hydrogens is 336 g/mol. The maximum Gasteiger partial charge on any atom is 0.211 e. The van der Waals surface area contributed by atoms with E-state index in [9.17, 15) is 0 Å². The van der Waals surface area contributed by atoms with Crippen LogP contribution in [0.1, 0.15) is 70.8 Å². The number of guanidine groups is 1. The Morgan fingerprint density at radius 3 is 2.00 bits per heavy atom. The molecule has 0 saturated carbocycles. The van der Waals surface area contributed by atoms with Crippen LogP contribution in [0, 0.1) is 0 Å². The first kappa shape index (κ1) is 23.2. The molecule has 142 valence electrons. The highest BCUT2D eigenvalue weighted by molar-refractivity contribution is 5.99. The molecule has 0 aliphatic carbocycles. The fourth-order valence-corrected chi connectivity index (χ4v) is 2.41. The van der Waals surface area contributed by atoms with Gasteiger partial charge < -0.3 is 16.2 Å². The van der Waals surface area contributed by atoms with Crippen molar-refractivity contribution in [3.8, 4) is 5.75 Å². The number of nitrogens with zero attached hydrogens (tertiary/aromatic N) is 2. The Morgan fingerprint density at radius 1 is 0.880 bits per heavy atom. The Balaban J connectivity index is 0.00000576. The van der Waals surface area contributed by atoms with Crippen LogP contribution in [0.25, 0.3) is 0 Å². The lowest BCUT2D eigenvalue weighted by atomic mass is 10.1. The number of hydrogen-bond donors (Lipinski definition) is 2. The molecular formula is C19H33ClN4O. The van der Waals surface area contributed by atoms with Crippen LogP contribution in [0.3, 0.4) is 0 Å². The Bertz CT molecular complexity index is 511. The zero-order valence-electron chi connectivity index (χ0n) is 15.5. The van der Waals surface area contributed by atoms with Crippen molar-refractivity contribution in [3.63, 3.8) is 0 Å². The third-order valence-corrected chi connectivity index (χ3v) is 3.85. The van der Waals surface area contributed by atoms with Crippen molar-refractivity contribution in [2.24, 2.45) is 21.7 Å². The lowest BCUT2D eigenvalue weighted by Gasteiger charge is -2.07. The Labute approximate surface area is 158 Å². The molecule has 0 spiro atoms. The number of ether oxygens (including phenoxy) is 1. The van der Waals surface area contributed by atoms with Crippen LogP contribution in [-0.4, -0.2) is 18.3 Å². The summed E-state index contributed by atoms with van der Waals surface area (Å²) in [6.45, 7) is 4.89. The third-order valence-electron chi connectivity index (χ3n) is 3.85. The van der Waals surface area contributed by atoms with E-state index < -0.39 is 0 Å². The molecule has 0 fully saturated rings. The second-order valence-corrected chi connectivity index (χ2v) is 6.06. The molecule has 25 heavy (non-hydrogen) atoms. The smallest absolute Gasteiger partial charge is 0.211 e. The standard InChI is InChI=1S/C19H32N4O.ClH/c1-3-4-5-6-7-8-9-10-15-24-18-13-11-17(12-14-18)16(2)22-23-19(20)21;/h11-14H,3-10,15H2,1-2H3,(H4,20,21,23);1H. The topological polar surface area (TPSA) is 86.0 Å².